The van der Waals surface area contributed by atoms with Crippen LogP contribution in [0.3, 0.4) is 0 Å². The average Bonchev–Trinajstić information content (AvgIpc) is 3.68. The van der Waals surface area contributed by atoms with Crippen LogP contribution in [-0.2, 0) is 12.7 Å². The number of nitrogens with zero attached hydrogens (tertiary/aromatic N) is 7. The Balaban J connectivity index is 1.43. The lowest BCUT2D eigenvalue weighted by molar-refractivity contribution is -0.140. The van der Waals surface area contributed by atoms with E-state index >= 15 is 0 Å². The van der Waals surface area contributed by atoms with Gasteiger partial charge in [0.15, 0.2) is 23.1 Å². The van der Waals surface area contributed by atoms with Gasteiger partial charge in [-0.15, -0.1) is 0 Å². The second-order valence-electron chi connectivity index (χ2n) is 10.0. The maximum atomic E-state index is 13.3. The number of benzene rings is 1. The molecule has 40 heavy (non-hydrogen) atoms. The molecule has 0 amide bonds. The molecule has 3 aromatic heterocycles. The van der Waals surface area contributed by atoms with Crippen LogP contribution < -0.4 is 14.4 Å². The second-order valence-corrected chi connectivity index (χ2v) is 10.0. The van der Waals surface area contributed by atoms with E-state index in [0.29, 0.717) is 46.9 Å². The highest BCUT2D eigenvalue weighted by molar-refractivity contribution is 5.68. The van der Waals surface area contributed by atoms with Crippen LogP contribution >= 0.6 is 0 Å². The molecular weight excluding hydrogens is 523 g/mol. The highest BCUT2D eigenvalue weighted by Gasteiger charge is 2.35. The average molecular weight is 554 g/mol. The SMILES string of the molecule is COc1cnc(-c2c(OC)ncnc2C2CC2)nc1N(C)Cc1ccc(-c2nc(C(F)(F)F)cn2C(C)C)cc1. The number of ether oxygens (including phenoxy) is 2. The number of hydrogen-bond acceptors (Lipinski definition) is 8. The molecule has 1 aliphatic carbocycles. The lowest BCUT2D eigenvalue weighted by atomic mass is 10.1. The van der Waals surface area contributed by atoms with Crippen LogP contribution in [0.1, 0.15) is 55.6 Å². The number of rotatable bonds is 9. The third-order valence-corrected chi connectivity index (χ3v) is 6.75. The smallest absolute Gasteiger partial charge is 0.434 e. The zero-order valence-corrected chi connectivity index (χ0v) is 22.9. The van der Waals surface area contributed by atoms with Gasteiger partial charge in [-0.3, -0.25) is 0 Å². The summed E-state index contributed by atoms with van der Waals surface area (Å²) in [5.41, 5.74) is 2.16. The van der Waals surface area contributed by atoms with Crippen LogP contribution in [-0.4, -0.2) is 50.8 Å². The van der Waals surface area contributed by atoms with E-state index in [1.54, 1.807) is 32.5 Å². The fourth-order valence-corrected chi connectivity index (χ4v) is 4.56. The van der Waals surface area contributed by atoms with Crippen LogP contribution in [0, 0.1) is 0 Å². The van der Waals surface area contributed by atoms with Crippen molar-refractivity contribution in [2.24, 2.45) is 0 Å². The first-order valence-electron chi connectivity index (χ1n) is 12.9. The minimum atomic E-state index is -4.51. The normalized spacial score (nSPS) is 13.5. The summed E-state index contributed by atoms with van der Waals surface area (Å²) in [4.78, 5) is 23.9. The zero-order chi connectivity index (χ0) is 28.6. The Morgan fingerprint density at radius 2 is 1.75 bits per heavy atom. The summed E-state index contributed by atoms with van der Waals surface area (Å²) < 4.78 is 52.6. The van der Waals surface area contributed by atoms with Crippen LogP contribution in [0.25, 0.3) is 22.8 Å². The van der Waals surface area contributed by atoms with Gasteiger partial charge < -0.3 is 18.9 Å². The molecule has 4 aromatic rings. The molecular formula is C28H30F3N7O2. The topological polar surface area (TPSA) is 91.1 Å². The predicted octanol–water partition coefficient (Wildman–Crippen LogP) is 5.93. The molecule has 0 N–H and O–H groups in total. The molecule has 0 unspecified atom stereocenters. The molecule has 0 bridgehead atoms. The van der Waals surface area contributed by atoms with E-state index in [-0.39, 0.29) is 11.9 Å². The molecule has 3 heterocycles. The first-order valence-corrected chi connectivity index (χ1v) is 12.9. The van der Waals surface area contributed by atoms with E-state index in [4.69, 9.17) is 14.5 Å². The molecule has 0 aliphatic heterocycles. The Morgan fingerprint density at radius 1 is 1.02 bits per heavy atom. The number of aromatic nitrogens is 6. The zero-order valence-electron chi connectivity index (χ0n) is 22.9. The molecule has 1 saturated carbocycles. The molecule has 9 nitrogen and oxygen atoms in total. The van der Waals surface area contributed by atoms with Gasteiger partial charge in [-0.05, 0) is 32.3 Å². The Labute approximate surface area is 230 Å². The lowest BCUT2D eigenvalue weighted by Crippen LogP contribution is -2.19. The minimum absolute atomic E-state index is 0.182. The second kappa shape index (κ2) is 10.7. The van der Waals surface area contributed by atoms with E-state index < -0.39 is 11.9 Å². The number of anilines is 1. The predicted molar refractivity (Wildman–Crippen MR) is 143 cm³/mol. The summed E-state index contributed by atoms with van der Waals surface area (Å²) in [6.07, 6.45) is 1.74. The molecule has 0 spiro atoms. The Bertz CT molecular complexity index is 1500. The lowest BCUT2D eigenvalue weighted by Gasteiger charge is -2.21. The van der Waals surface area contributed by atoms with Crippen molar-refractivity contribution in [1.29, 1.82) is 0 Å². The van der Waals surface area contributed by atoms with Gasteiger partial charge in [0.25, 0.3) is 0 Å². The molecule has 5 rings (SSSR count). The summed E-state index contributed by atoms with van der Waals surface area (Å²) in [5.74, 6) is 2.52. The van der Waals surface area contributed by atoms with Gasteiger partial charge in [0.2, 0.25) is 5.88 Å². The monoisotopic (exact) mass is 553 g/mol. The van der Waals surface area contributed by atoms with Crippen molar-refractivity contribution in [1.82, 2.24) is 29.5 Å². The van der Waals surface area contributed by atoms with Gasteiger partial charge in [-0.1, -0.05) is 24.3 Å². The molecule has 1 fully saturated rings. The number of halogens is 3. The molecule has 0 atom stereocenters. The summed E-state index contributed by atoms with van der Waals surface area (Å²) in [5, 5.41) is 0. The fourth-order valence-electron chi connectivity index (χ4n) is 4.56. The first-order chi connectivity index (χ1) is 19.1. The van der Waals surface area contributed by atoms with Crippen molar-refractivity contribution in [2.45, 2.75) is 51.4 Å². The molecule has 12 heteroatoms. The van der Waals surface area contributed by atoms with Crippen molar-refractivity contribution < 1.29 is 22.6 Å². The summed E-state index contributed by atoms with van der Waals surface area (Å²) in [6.45, 7) is 4.10. The third kappa shape index (κ3) is 5.43. The van der Waals surface area contributed by atoms with Gasteiger partial charge >= 0.3 is 6.18 Å². The summed E-state index contributed by atoms with van der Waals surface area (Å²) >= 11 is 0. The summed E-state index contributed by atoms with van der Waals surface area (Å²) in [7, 11) is 4.99. The van der Waals surface area contributed by atoms with E-state index in [9.17, 15) is 13.2 Å². The number of hydrogen-bond donors (Lipinski definition) is 0. The number of alkyl halides is 3. The minimum Gasteiger partial charge on any atom is -0.491 e. The van der Waals surface area contributed by atoms with E-state index in [2.05, 4.69) is 19.9 Å². The molecule has 0 radical (unpaired) electrons. The van der Waals surface area contributed by atoms with Gasteiger partial charge in [0.05, 0.1) is 26.1 Å². The fraction of sp³-hybridized carbons (Fsp3) is 0.393. The van der Waals surface area contributed by atoms with Crippen molar-refractivity contribution in [3.05, 3.63) is 59.9 Å². The molecule has 210 valence electrons. The largest absolute Gasteiger partial charge is 0.491 e. The van der Waals surface area contributed by atoms with Gasteiger partial charge in [0, 0.05) is 37.3 Å². The summed E-state index contributed by atoms with van der Waals surface area (Å²) in [6, 6.07) is 7.11. The van der Waals surface area contributed by atoms with Crippen molar-refractivity contribution >= 4 is 5.82 Å². The maximum absolute atomic E-state index is 13.3. The molecule has 0 saturated heterocycles. The maximum Gasteiger partial charge on any atom is 0.434 e. The highest BCUT2D eigenvalue weighted by Crippen LogP contribution is 2.45. The van der Waals surface area contributed by atoms with Gasteiger partial charge in [-0.2, -0.15) is 13.2 Å². The van der Waals surface area contributed by atoms with E-state index in [1.165, 1.54) is 10.9 Å². The highest BCUT2D eigenvalue weighted by atomic mass is 19.4. The van der Waals surface area contributed by atoms with Crippen molar-refractivity contribution in [3.63, 3.8) is 0 Å². The standard InChI is InChI=1S/C28H30F3N7O2/c1-16(2)38-14-21(28(29,30)31)35-25(38)19-8-6-17(7-9-19)13-37(3)26-20(39-4)12-32-24(36-26)22-23(18-10-11-18)33-15-34-27(22)40-5/h6-9,12,14-16,18H,10-11,13H2,1-5H3. The van der Waals surface area contributed by atoms with Gasteiger partial charge in [0.1, 0.15) is 17.7 Å². The first kappa shape index (κ1) is 27.4. The molecule has 1 aromatic carbocycles. The van der Waals surface area contributed by atoms with Crippen molar-refractivity contribution in [2.75, 3.05) is 26.2 Å². The Morgan fingerprint density at radius 3 is 2.35 bits per heavy atom. The van der Waals surface area contributed by atoms with Crippen LogP contribution in [0.2, 0.25) is 0 Å². The number of imidazole rings is 1. The quantitative estimate of drug-likeness (QED) is 0.252. The van der Waals surface area contributed by atoms with Crippen LogP contribution in [0.4, 0.5) is 19.0 Å². The van der Waals surface area contributed by atoms with E-state index in [0.717, 1.165) is 30.3 Å². The van der Waals surface area contributed by atoms with Crippen LogP contribution in [0.15, 0.2) is 43.0 Å². The van der Waals surface area contributed by atoms with Gasteiger partial charge in [-0.25, -0.2) is 24.9 Å². The van der Waals surface area contributed by atoms with E-state index in [1.807, 2.05) is 37.9 Å². The Kier molecular flexibility index (Phi) is 7.35. The third-order valence-electron chi connectivity index (χ3n) is 6.75. The van der Waals surface area contributed by atoms with Crippen LogP contribution in [0.5, 0.6) is 11.6 Å². The van der Waals surface area contributed by atoms with Crippen molar-refractivity contribution in [3.8, 4) is 34.4 Å². The Hall–Kier alpha value is -4.22. The number of methoxy groups -OCH3 is 2. The molecule has 1 aliphatic rings.